The number of carbonyl (C=O) groups excluding carboxylic acids is 2. The largest absolute Gasteiger partial charge is 0.441 e. The first-order chi connectivity index (χ1) is 7.69. The fraction of sp³-hybridized carbons (Fsp3) is 0.333. The summed E-state index contributed by atoms with van der Waals surface area (Å²) in [4.78, 5) is 21.7. The van der Waals surface area contributed by atoms with Gasteiger partial charge in [0.05, 0.1) is 5.92 Å². The van der Waals surface area contributed by atoms with E-state index in [4.69, 9.17) is 10.5 Å². The highest BCUT2D eigenvalue weighted by molar-refractivity contribution is 5.66. The minimum atomic E-state index is -0.867. The Morgan fingerprint density at radius 1 is 1.44 bits per heavy atom. The van der Waals surface area contributed by atoms with E-state index in [9.17, 15) is 9.59 Å². The summed E-state index contributed by atoms with van der Waals surface area (Å²) in [6.45, 7) is 1.86. The first kappa shape index (κ1) is 12.2. The zero-order chi connectivity index (χ0) is 12.0. The fourth-order valence-corrected chi connectivity index (χ4v) is 1.55. The van der Waals surface area contributed by atoms with Crippen LogP contribution in [0.1, 0.15) is 25.0 Å². The number of ether oxygens (including phenoxy) is 1. The van der Waals surface area contributed by atoms with Gasteiger partial charge < -0.3 is 15.3 Å². The number of hydrogen-bond donors (Lipinski definition) is 1. The van der Waals surface area contributed by atoms with Gasteiger partial charge in [-0.1, -0.05) is 37.3 Å². The quantitative estimate of drug-likeness (QED) is 0.773. The van der Waals surface area contributed by atoms with E-state index in [1.807, 2.05) is 25.1 Å². The molecule has 1 aromatic carbocycles. The average molecular weight is 221 g/mol. The van der Waals surface area contributed by atoms with Crippen molar-refractivity contribution >= 4 is 12.4 Å². The van der Waals surface area contributed by atoms with Crippen molar-refractivity contribution < 1.29 is 14.3 Å². The molecule has 2 unspecified atom stereocenters. The third-order valence-electron chi connectivity index (χ3n) is 2.41. The van der Waals surface area contributed by atoms with Crippen LogP contribution < -0.4 is 5.73 Å². The molecule has 0 radical (unpaired) electrons. The lowest BCUT2D eigenvalue weighted by Crippen LogP contribution is -2.23. The minimum Gasteiger partial charge on any atom is -0.441 e. The molecule has 1 aromatic rings. The Morgan fingerprint density at radius 2 is 2.06 bits per heavy atom. The second kappa shape index (κ2) is 5.90. The van der Waals surface area contributed by atoms with Gasteiger partial charge in [0.25, 0.3) is 0 Å². The molecule has 2 atom stereocenters. The summed E-state index contributed by atoms with van der Waals surface area (Å²) in [5, 5.41) is 0. The Kier molecular flexibility index (Phi) is 4.51. The molecular formula is C12H15NO3. The maximum Gasteiger partial charge on any atom is 0.405 e. The lowest BCUT2D eigenvalue weighted by atomic mass is 9.95. The molecule has 4 heteroatoms. The predicted octanol–water partition coefficient (Wildman–Crippen LogP) is 2.05. The first-order valence-corrected chi connectivity index (χ1v) is 5.15. The van der Waals surface area contributed by atoms with E-state index in [-0.39, 0.29) is 5.92 Å². The van der Waals surface area contributed by atoms with Crippen molar-refractivity contribution in [3.05, 3.63) is 35.9 Å². The van der Waals surface area contributed by atoms with Crippen LogP contribution in [-0.2, 0) is 9.53 Å². The Morgan fingerprint density at radius 3 is 2.50 bits per heavy atom. The van der Waals surface area contributed by atoms with Gasteiger partial charge in [0.15, 0.2) is 0 Å². The molecule has 16 heavy (non-hydrogen) atoms. The van der Waals surface area contributed by atoms with Crippen LogP contribution in [0.3, 0.4) is 0 Å². The summed E-state index contributed by atoms with van der Waals surface area (Å²) in [7, 11) is 0. The highest BCUT2D eigenvalue weighted by atomic mass is 16.6. The summed E-state index contributed by atoms with van der Waals surface area (Å²) in [6, 6.07) is 9.11. The summed E-state index contributed by atoms with van der Waals surface area (Å²) >= 11 is 0. The standard InChI is InChI=1S/C12H15NO3/c1-2-9(8-14)11(16-12(13)15)10-6-4-3-5-7-10/h3-9,11H,2H2,1H3,(H2,13,15). The van der Waals surface area contributed by atoms with E-state index < -0.39 is 12.2 Å². The van der Waals surface area contributed by atoms with Gasteiger partial charge in [-0.3, -0.25) is 0 Å². The highest BCUT2D eigenvalue weighted by Crippen LogP contribution is 2.26. The van der Waals surface area contributed by atoms with Gasteiger partial charge in [-0.25, -0.2) is 4.79 Å². The van der Waals surface area contributed by atoms with E-state index in [2.05, 4.69) is 0 Å². The van der Waals surface area contributed by atoms with Crippen molar-refractivity contribution in [2.75, 3.05) is 0 Å². The summed E-state index contributed by atoms with van der Waals surface area (Å²) in [6.07, 6.45) is -0.0768. The van der Waals surface area contributed by atoms with Crippen LogP contribution in [0, 0.1) is 5.92 Å². The van der Waals surface area contributed by atoms with Crippen molar-refractivity contribution in [2.24, 2.45) is 11.7 Å². The molecule has 0 saturated heterocycles. The normalized spacial score (nSPS) is 13.8. The number of hydrogen-bond acceptors (Lipinski definition) is 3. The third-order valence-corrected chi connectivity index (χ3v) is 2.41. The van der Waals surface area contributed by atoms with Gasteiger partial charge in [0.1, 0.15) is 12.4 Å². The van der Waals surface area contributed by atoms with Gasteiger partial charge in [-0.15, -0.1) is 0 Å². The number of primary amides is 1. The molecule has 1 amide bonds. The van der Waals surface area contributed by atoms with E-state index in [1.54, 1.807) is 12.1 Å². The number of carbonyl (C=O) groups is 2. The van der Waals surface area contributed by atoms with Crippen LogP contribution in [0.15, 0.2) is 30.3 Å². The molecule has 1 rings (SSSR count). The molecule has 0 fully saturated rings. The fourth-order valence-electron chi connectivity index (χ4n) is 1.55. The molecule has 4 nitrogen and oxygen atoms in total. The van der Waals surface area contributed by atoms with Crippen LogP contribution in [0.5, 0.6) is 0 Å². The number of nitrogens with two attached hydrogens (primary N) is 1. The molecule has 0 aliphatic heterocycles. The molecule has 0 saturated carbocycles. The van der Waals surface area contributed by atoms with Gasteiger partial charge in [-0.05, 0) is 12.0 Å². The van der Waals surface area contributed by atoms with E-state index in [0.717, 1.165) is 11.8 Å². The third kappa shape index (κ3) is 3.08. The number of benzene rings is 1. The van der Waals surface area contributed by atoms with Crippen molar-refractivity contribution in [3.8, 4) is 0 Å². The second-order valence-corrected chi connectivity index (χ2v) is 3.48. The van der Waals surface area contributed by atoms with Crippen molar-refractivity contribution in [1.29, 1.82) is 0 Å². The highest BCUT2D eigenvalue weighted by Gasteiger charge is 2.24. The first-order valence-electron chi connectivity index (χ1n) is 5.15. The second-order valence-electron chi connectivity index (χ2n) is 3.48. The van der Waals surface area contributed by atoms with E-state index in [1.165, 1.54) is 0 Å². The zero-order valence-electron chi connectivity index (χ0n) is 9.13. The molecule has 0 aliphatic rings. The summed E-state index contributed by atoms with van der Waals surface area (Å²) in [5.41, 5.74) is 5.78. The van der Waals surface area contributed by atoms with Crippen molar-refractivity contribution in [2.45, 2.75) is 19.4 Å². The number of rotatable bonds is 5. The number of amides is 1. The molecule has 2 N–H and O–H groups in total. The van der Waals surface area contributed by atoms with Crippen LogP contribution in [-0.4, -0.2) is 12.4 Å². The molecule has 0 bridgehead atoms. The van der Waals surface area contributed by atoms with E-state index in [0.29, 0.717) is 6.42 Å². The van der Waals surface area contributed by atoms with Crippen molar-refractivity contribution in [3.63, 3.8) is 0 Å². The van der Waals surface area contributed by atoms with Crippen LogP contribution in [0.2, 0.25) is 0 Å². The van der Waals surface area contributed by atoms with Crippen molar-refractivity contribution in [1.82, 2.24) is 0 Å². The maximum absolute atomic E-state index is 10.9. The predicted molar refractivity (Wildman–Crippen MR) is 59.7 cm³/mol. The van der Waals surface area contributed by atoms with Crippen LogP contribution >= 0.6 is 0 Å². The topological polar surface area (TPSA) is 69.4 Å². The maximum atomic E-state index is 10.9. The Balaban J connectivity index is 2.95. The smallest absolute Gasteiger partial charge is 0.405 e. The number of aldehydes is 1. The lowest BCUT2D eigenvalue weighted by Gasteiger charge is -2.21. The zero-order valence-corrected chi connectivity index (χ0v) is 9.13. The lowest BCUT2D eigenvalue weighted by molar-refractivity contribution is -0.114. The Labute approximate surface area is 94.4 Å². The van der Waals surface area contributed by atoms with Gasteiger partial charge in [-0.2, -0.15) is 0 Å². The van der Waals surface area contributed by atoms with E-state index >= 15 is 0 Å². The molecule has 0 aliphatic carbocycles. The summed E-state index contributed by atoms with van der Waals surface area (Å²) in [5.74, 6) is -0.366. The molecular weight excluding hydrogens is 206 g/mol. The van der Waals surface area contributed by atoms with Gasteiger partial charge >= 0.3 is 6.09 Å². The Bertz CT molecular complexity index is 351. The van der Waals surface area contributed by atoms with Gasteiger partial charge in [0, 0.05) is 0 Å². The summed E-state index contributed by atoms with van der Waals surface area (Å²) < 4.78 is 4.99. The molecule has 0 aromatic heterocycles. The Hall–Kier alpha value is -1.84. The molecule has 0 spiro atoms. The SMILES string of the molecule is CCC(C=O)C(OC(N)=O)c1ccccc1. The van der Waals surface area contributed by atoms with Gasteiger partial charge in [0.2, 0.25) is 0 Å². The monoisotopic (exact) mass is 221 g/mol. The minimum absolute atomic E-state index is 0.366. The molecule has 86 valence electrons. The molecule has 0 heterocycles. The van der Waals surface area contributed by atoms with Crippen LogP contribution in [0.25, 0.3) is 0 Å². The average Bonchev–Trinajstić information content (AvgIpc) is 2.30. The van der Waals surface area contributed by atoms with Crippen LogP contribution in [0.4, 0.5) is 4.79 Å².